The molecule has 0 atom stereocenters. The topological polar surface area (TPSA) is 3.24 Å². The van der Waals surface area contributed by atoms with Crippen molar-refractivity contribution in [3.05, 3.63) is 220 Å². The molecule has 0 saturated carbocycles. The van der Waals surface area contributed by atoms with Crippen LogP contribution in [-0.4, -0.2) is 0 Å². The van der Waals surface area contributed by atoms with Crippen LogP contribution in [0.3, 0.4) is 0 Å². The van der Waals surface area contributed by atoms with Gasteiger partial charge in [-0.2, -0.15) is 0 Å². The molecule has 3 aliphatic carbocycles. The lowest BCUT2D eigenvalue weighted by Crippen LogP contribution is -2.27. The van der Waals surface area contributed by atoms with Gasteiger partial charge >= 0.3 is 0 Å². The van der Waals surface area contributed by atoms with Crippen molar-refractivity contribution in [3.63, 3.8) is 0 Å². The smallest absolute Gasteiger partial charge is 0.0726 e. The van der Waals surface area contributed by atoms with Crippen molar-refractivity contribution in [2.45, 2.75) is 84.0 Å². The average molecular weight is 802 g/mol. The highest BCUT2D eigenvalue weighted by atomic mass is 15.1. The molecule has 0 radical (unpaired) electrons. The fourth-order valence-electron chi connectivity index (χ4n) is 11.2. The largest absolute Gasteiger partial charge is 0.310 e. The van der Waals surface area contributed by atoms with Crippen LogP contribution in [0.1, 0.15) is 105 Å². The second kappa shape index (κ2) is 13.3. The summed E-state index contributed by atoms with van der Waals surface area (Å²) in [6.45, 7) is 21.0. The highest BCUT2D eigenvalue weighted by molar-refractivity contribution is 5.97. The molecule has 0 unspecified atom stereocenters. The first-order chi connectivity index (χ1) is 29.7. The number of anilines is 3. The van der Waals surface area contributed by atoms with E-state index in [1.54, 1.807) is 0 Å². The minimum Gasteiger partial charge on any atom is -0.310 e. The lowest BCUT2D eigenvalue weighted by Gasteiger charge is -2.34. The summed E-state index contributed by atoms with van der Waals surface area (Å²) >= 11 is 0. The van der Waals surface area contributed by atoms with Gasteiger partial charge in [-0.05, 0) is 143 Å². The minimum atomic E-state index is -0.494. The third-order valence-electron chi connectivity index (χ3n) is 14.4. The highest BCUT2D eigenvalue weighted by Crippen LogP contribution is 2.64. The van der Waals surface area contributed by atoms with Crippen molar-refractivity contribution >= 4 is 17.1 Å². The maximum absolute atomic E-state index is 2.55. The van der Waals surface area contributed by atoms with Crippen LogP contribution in [0.2, 0.25) is 0 Å². The van der Waals surface area contributed by atoms with Gasteiger partial charge in [-0.15, -0.1) is 0 Å². The molecule has 1 heteroatoms. The summed E-state index contributed by atoms with van der Waals surface area (Å²) in [6.07, 6.45) is 0. The molecule has 1 nitrogen and oxygen atoms in total. The van der Waals surface area contributed by atoms with Gasteiger partial charge in [0.15, 0.2) is 0 Å². The molecule has 8 aromatic rings. The van der Waals surface area contributed by atoms with Gasteiger partial charge in [0.1, 0.15) is 0 Å². The minimum absolute atomic E-state index is 0.00945. The Labute approximate surface area is 368 Å². The Hall–Kier alpha value is -6.44. The van der Waals surface area contributed by atoms with Crippen LogP contribution in [0.4, 0.5) is 17.1 Å². The van der Waals surface area contributed by atoms with Gasteiger partial charge in [0, 0.05) is 22.5 Å². The normalized spacial score (nSPS) is 14.8. The fraction of sp³-hybridized carbons (Fsp3) is 0.213. The highest BCUT2D eigenvalue weighted by Gasteiger charge is 2.52. The molecule has 0 N–H and O–H groups in total. The van der Waals surface area contributed by atoms with Gasteiger partial charge in [-0.25, -0.2) is 0 Å². The summed E-state index contributed by atoms with van der Waals surface area (Å²) in [7, 11) is 0. The van der Waals surface area contributed by atoms with Gasteiger partial charge in [-0.3, -0.25) is 0 Å². The van der Waals surface area contributed by atoms with E-state index in [0.717, 1.165) is 17.1 Å². The van der Waals surface area contributed by atoms with E-state index in [2.05, 4.69) is 237 Å². The first-order valence-corrected chi connectivity index (χ1v) is 22.4. The molecule has 304 valence electrons. The Morgan fingerprint density at radius 2 is 0.790 bits per heavy atom. The summed E-state index contributed by atoms with van der Waals surface area (Å²) in [5.41, 5.74) is 25.4. The fourth-order valence-corrected chi connectivity index (χ4v) is 11.2. The Morgan fingerprint density at radius 1 is 0.355 bits per heavy atom. The molecule has 1 spiro atoms. The van der Waals surface area contributed by atoms with Gasteiger partial charge < -0.3 is 4.90 Å². The van der Waals surface area contributed by atoms with E-state index in [4.69, 9.17) is 0 Å². The summed E-state index contributed by atoms with van der Waals surface area (Å²) in [5, 5.41) is 0. The average Bonchev–Trinajstić information content (AvgIpc) is 3.81. The summed E-state index contributed by atoms with van der Waals surface area (Å²) < 4.78 is 0. The van der Waals surface area contributed by atoms with E-state index in [1.807, 2.05) is 0 Å². The van der Waals surface area contributed by atoms with Crippen molar-refractivity contribution in [3.8, 4) is 44.5 Å². The predicted molar refractivity (Wildman–Crippen MR) is 263 cm³/mol. The van der Waals surface area contributed by atoms with Crippen LogP contribution in [0.15, 0.2) is 170 Å². The number of rotatable bonds is 4. The van der Waals surface area contributed by atoms with Crippen LogP contribution in [0.5, 0.6) is 0 Å². The van der Waals surface area contributed by atoms with Gasteiger partial charge in [0.25, 0.3) is 0 Å². The van der Waals surface area contributed by atoms with E-state index in [-0.39, 0.29) is 16.2 Å². The molecule has 62 heavy (non-hydrogen) atoms. The standard InChI is InChI=1S/C61H55N/c1-38-16-14-17-39(32-38)40-18-15-19-43(33-40)62(44-26-30-48-46-20-10-12-22-52(46)60(8,9)54(48)36-44)45-27-31-51-47-21-11-13-23-53(47)61(57(51)37-45)55-34-41(58(2,3)4)24-28-49(55)50-29-25-42(35-56(50)61)59(5,6)7/h10-37H,1-9H3. The third-order valence-corrected chi connectivity index (χ3v) is 14.4. The van der Waals surface area contributed by atoms with Crippen LogP contribution in [0.25, 0.3) is 44.5 Å². The molecule has 0 amide bonds. The van der Waals surface area contributed by atoms with Crippen molar-refractivity contribution in [2.75, 3.05) is 4.90 Å². The van der Waals surface area contributed by atoms with E-state index < -0.39 is 5.41 Å². The quantitative estimate of drug-likeness (QED) is 0.171. The van der Waals surface area contributed by atoms with Crippen LogP contribution in [-0.2, 0) is 21.7 Å². The van der Waals surface area contributed by atoms with Gasteiger partial charge in [0.05, 0.1) is 5.41 Å². The Kier molecular flexibility index (Phi) is 8.24. The molecule has 0 bridgehead atoms. The van der Waals surface area contributed by atoms with E-state index in [0.29, 0.717) is 0 Å². The van der Waals surface area contributed by atoms with Crippen molar-refractivity contribution < 1.29 is 0 Å². The SMILES string of the molecule is Cc1cccc(-c2cccc(N(c3ccc4c(c3)C(C)(C)c3ccccc3-4)c3ccc4c(c3)C3(c5ccccc5-4)c4cc(C(C)(C)C)ccc4-c4ccc(C(C)(C)C)cc43)c2)c1. The number of hydrogen-bond donors (Lipinski definition) is 0. The summed E-state index contributed by atoms with van der Waals surface area (Å²) in [6, 6.07) is 65.4. The molecule has 0 aromatic heterocycles. The van der Waals surface area contributed by atoms with Crippen LogP contribution >= 0.6 is 0 Å². The number of hydrogen-bond acceptors (Lipinski definition) is 1. The van der Waals surface area contributed by atoms with Crippen molar-refractivity contribution in [2.24, 2.45) is 0 Å². The maximum Gasteiger partial charge on any atom is 0.0726 e. The lowest BCUT2D eigenvalue weighted by molar-refractivity contribution is 0.586. The molecular weight excluding hydrogens is 747 g/mol. The number of fused-ring (bicyclic) bond motifs is 13. The monoisotopic (exact) mass is 801 g/mol. The van der Waals surface area contributed by atoms with Crippen LogP contribution in [0, 0.1) is 6.92 Å². The molecule has 0 fully saturated rings. The molecular formula is C61H55N. The number of aryl methyl sites for hydroxylation is 1. The zero-order valence-corrected chi connectivity index (χ0v) is 37.6. The lowest BCUT2D eigenvalue weighted by atomic mass is 9.68. The second-order valence-electron chi connectivity index (χ2n) is 20.7. The molecule has 11 rings (SSSR count). The van der Waals surface area contributed by atoms with Gasteiger partial charge in [0.2, 0.25) is 0 Å². The zero-order valence-electron chi connectivity index (χ0n) is 37.6. The molecule has 8 aromatic carbocycles. The predicted octanol–water partition coefficient (Wildman–Crippen LogP) is 16.4. The zero-order chi connectivity index (χ0) is 42.9. The second-order valence-corrected chi connectivity index (χ2v) is 20.7. The van der Waals surface area contributed by atoms with Gasteiger partial charge in [-0.1, -0.05) is 194 Å². The number of nitrogens with zero attached hydrogens (tertiary/aromatic N) is 1. The van der Waals surface area contributed by atoms with E-state index >= 15 is 0 Å². The van der Waals surface area contributed by atoms with Crippen LogP contribution < -0.4 is 4.90 Å². The Morgan fingerprint density at radius 3 is 1.37 bits per heavy atom. The van der Waals surface area contributed by atoms with E-state index in [1.165, 1.54) is 94.6 Å². The molecule has 0 aliphatic heterocycles. The Balaban J connectivity index is 1.20. The third kappa shape index (κ3) is 5.53. The summed E-state index contributed by atoms with van der Waals surface area (Å²) in [5.74, 6) is 0. The first-order valence-electron chi connectivity index (χ1n) is 22.4. The maximum atomic E-state index is 2.55. The van der Waals surface area contributed by atoms with Crippen molar-refractivity contribution in [1.82, 2.24) is 0 Å². The molecule has 0 saturated heterocycles. The number of benzene rings is 8. The van der Waals surface area contributed by atoms with E-state index in [9.17, 15) is 0 Å². The Bertz CT molecular complexity index is 3080. The first kappa shape index (κ1) is 38.5. The summed E-state index contributed by atoms with van der Waals surface area (Å²) in [4.78, 5) is 2.52. The van der Waals surface area contributed by atoms with Crippen molar-refractivity contribution in [1.29, 1.82) is 0 Å². The molecule has 0 heterocycles. The molecule has 3 aliphatic rings.